The fourth-order valence-corrected chi connectivity index (χ4v) is 3.39. The van der Waals surface area contributed by atoms with Crippen LogP contribution in [0.3, 0.4) is 0 Å². The summed E-state index contributed by atoms with van der Waals surface area (Å²) in [5.41, 5.74) is 5.65. The van der Waals surface area contributed by atoms with Crippen molar-refractivity contribution >= 4 is 31.9 Å². The first-order valence-corrected chi connectivity index (χ1v) is 8.47. The summed E-state index contributed by atoms with van der Waals surface area (Å²) in [4.78, 5) is 12.1. The summed E-state index contributed by atoms with van der Waals surface area (Å²) in [5.74, 6) is -0.303. The summed E-state index contributed by atoms with van der Waals surface area (Å²) in [5, 5.41) is 2.70. The largest absolute Gasteiger partial charge is 0.350 e. The van der Waals surface area contributed by atoms with Crippen molar-refractivity contribution in [3.63, 3.8) is 0 Å². The molecule has 1 rings (SSSR count). The van der Waals surface area contributed by atoms with E-state index in [-0.39, 0.29) is 10.8 Å². The van der Waals surface area contributed by atoms with E-state index in [0.29, 0.717) is 16.6 Å². The first kappa shape index (κ1) is 18.1. The lowest BCUT2D eigenvalue weighted by Crippen LogP contribution is -2.45. The van der Waals surface area contributed by atoms with Crippen LogP contribution in [0.4, 0.5) is 0 Å². The Hall–Kier alpha value is -0.960. The maximum atomic E-state index is 12.1. The van der Waals surface area contributed by atoms with Crippen molar-refractivity contribution in [2.45, 2.75) is 24.3 Å². The van der Waals surface area contributed by atoms with Gasteiger partial charge in [-0.25, -0.2) is 12.7 Å². The van der Waals surface area contributed by atoms with Gasteiger partial charge in [0.2, 0.25) is 10.0 Å². The standard InChI is InChI=1S/C13H20BrN3O3S/c1-13(2,15)8-16-12(18)9-5-6-11(10(14)7-9)21(19,20)17(3)4/h5-7H,8,15H2,1-4H3,(H,16,18). The number of halogens is 1. The maximum absolute atomic E-state index is 12.1. The van der Waals surface area contributed by atoms with Crippen LogP contribution in [0.2, 0.25) is 0 Å². The maximum Gasteiger partial charge on any atom is 0.251 e. The van der Waals surface area contributed by atoms with Gasteiger partial charge in [0, 0.05) is 36.2 Å². The van der Waals surface area contributed by atoms with Crippen LogP contribution < -0.4 is 11.1 Å². The fraction of sp³-hybridized carbons (Fsp3) is 0.462. The minimum atomic E-state index is -3.55. The second-order valence-electron chi connectivity index (χ2n) is 5.60. The quantitative estimate of drug-likeness (QED) is 0.805. The molecule has 0 heterocycles. The molecule has 0 spiro atoms. The third-order valence-corrected chi connectivity index (χ3v) is 5.45. The van der Waals surface area contributed by atoms with Gasteiger partial charge >= 0.3 is 0 Å². The molecule has 0 radical (unpaired) electrons. The number of amides is 1. The van der Waals surface area contributed by atoms with Crippen LogP contribution in [-0.4, -0.2) is 44.8 Å². The molecule has 0 bridgehead atoms. The van der Waals surface area contributed by atoms with Gasteiger partial charge in [0.15, 0.2) is 0 Å². The SMILES string of the molecule is CN(C)S(=O)(=O)c1ccc(C(=O)NCC(C)(C)N)cc1Br. The number of carbonyl (C=O) groups is 1. The lowest BCUT2D eigenvalue weighted by molar-refractivity contribution is 0.0946. The van der Waals surface area contributed by atoms with E-state index < -0.39 is 15.6 Å². The van der Waals surface area contributed by atoms with E-state index in [2.05, 4.69) is 21.2 Å². The fourth-order valence-electron chi connectivity index (χ4n) is 1.46. The Morgan fingerprint density at radius 1 is 1.38 bits per heavy atom. The van der Waals surface area contributed by atoms with Crippen molar-refractivity contribution in [2.24, 2.45) is 5.73 Å². The summed E-state index contributed by atoms with van der Waals surface area (Å²) < 4.78 is 25.6. The lowest BCUT2D eigenvalue weighted by atomic mass is 10.1. The molecule has 0 aliphatic carbocycles. The predicted octanol–water partition coefficient (Wildman–Crippen LogP) is 1.17. The Kier molecular flexibility index (Phi) is 5.54. The normalized spacial score (nSPS) is 12.5. The number of nitrogens with two attached hydrogens (primary N) is 1. The monoisotopic (exact) mass is 377 g/mol. The van der Waals surface area contributed by atoms with Gasteiger partial charge in [0.25, 0.3) is 5.91 Å². The number of nitrogens with one attached hydrogen (secondary N) is 1. The molecule has 0 fully saturated rings. The van der Waals surface area contributed by atoms with Crippen LogP contribution in [0.5, 0.6) is 0 Å². The van der Waals surface area contributed by atoms with E-state index in [4.69, 9.17) is 5.73 Å². The Morgan fingerprint density at radius 3 is 2.38 bits per heavy atom. The summed E-state index contributed by atoms with van der Waals surface area (Å²) in [6.45, 7) is 3.92. The van der Waals surface area contributed by atoms with Gasteiger partial charge in [0.05, 0.1) is 4.90 Å². The van der Waals surface area contributed by atoms with Crippen molar-refractivity contribution in [1.29, 1.82) is 0 Å². The zero-order valence-corrected chi connectivity index (χ0v) is 14.9. The number of carbonyl (C=O) groups excluding carboxylic acids is 1. The van der Waals surface area contributed by atoms with Gasteiger partial charge < -0.3 is 11.1 Å². The number of sulfonamides is 1. The summed E-state index contributed by atoms with van der Waals surface area (Å²) >= 11 is 3.20. The van der Waals surface area contributed by atoms with Crippen LogP contribution in [0.15, 0.2) is 27.6 Å². The van der Waals surface area contributed by atoms with Crippen molar-refractivity contribution in [1.82, 2.24) is 9.62 Å². The Bertz CT molecular complexity index is 637. The lowest BCUT2D eigenvalue weighted by Gasteiger charge is -2.19. The molecule has 0 unspecified atom stereocenters. The Balaban J connectivity index is 3.01. The zero-order chi connectivity index (χ0) is 16.4. The third kappa shape index (κ3) is 4.77. The van der Waals surface area contributed by atoms with E-state index in [1.54, 1.807) is 13.8 Å². The number of nitrogens with zero attached hydrogens (tertiary/aromatic N) is 1. The van der Waals surface area contributed by atoms with Gasteiger partial charge in [0.1, 0.15) is 0 Å². The first-order valence-electron chi connectivity index (χ1n) is 6.24. The molecular formula is C13H20BrN3O3S. The summed E-state index contributed by atoms with van der Waals surface area (Å²) in [6.07, 6.45) is 0. The summed E-state index contributed by atoms with van der Waals surface area (Å²) in [6, 6.07) is 4.36. The molecule has 6 nitrogen and oxygen atoms in total. The molecule has 0 aromatic heterocycles. The van der Waals surface area contributed by atoms with Gasteiger partial charge in [-0.3, -0.25) is 4.79 Å². The second-order valence-corrected chi connectivity index (χ2v) is 8.58. The minimum absolute atomic E-state index is 0.114. The molecule has 21 heavy (non-hydrogen) atoms. The van der Waals surface area contributed by atoms with Crippen molar-refractivity contribution in [3.8, 4) is 0 Å². The van der Waals surface area contributed by atoms with Crippen molar-refractivity contribution < 1.29 is 13.2 Å². The molecule has 1 amide bonds. The highest BCUT2D eigenvalue weighted by Gasteiger charge is 2.21. The highest BCUT2D eigenvalue weighted by molar-refractivity contribution is 9.10. The average Bonchev–Trinajstić information content (AvgIpc) is 2.34. The third-order valence-electron chi connectivity index (χ3n) is 2.66. The van der Waals surface area contributed by atoms with Gasteiger partial charge in [-0.2, -0.15) is 0 Å². The molecule has 8 heteroatoms. The molecule has 1 aromatic rings. The predicted molar refractivity (Wildman–Crippen MR) is 85.6 cm³/mol. The molecular weight excluding hydrogens is 358 g/mol. The first-order chi connectivity index (χ1) is 9.45. The zero-order valence-electron chi connectivity index (χ0n) is 12.5. The Labute approximate surface area is 133 Å². The van der Waals surface area contributed by atoms with Crippen molar-refractivity contribution in [3.05, 3.63) is 28.2 Å². The van der Waals surface area contributed by atoms with Crippen LogP contribution >= 0.6 is 15.9 Å². The van der Waals surface area contributed by atoms with Crippen molar-refractivity contribution in [2.75, 3.05) is 20.6 Å². The number of rotatable bonds is 5. The number of hydrogen-bond acceptors (Lipinski definition) is 4. The van der Waals surface area contributed by atoms with Gasteiger partial charge in [-0.05, 0) is 48.0 Å². The molecule has 0 saturated carbocycles. The molecule has 3 N–H and O–H groups in total. The molecule has 0 atom stereocenters. The van der Waals surface area contributed by atoms with Crippen LogP contribution in [0.1, 0.15) is 24.2 Å². The number of hydrogen-bond donors (Lipinski definition) is 2. The Morgan fingerprint density at radius 2 is 1.95 bits per heavy atom. The molecule has 1 aromatic carbocycles. The van der Waals surface area contributed by atoms with E-state index in [1.807, 2.05) is 0 Å². The van der Waals surface area contributed by atoms with Gasteiger partial charge in [-0.1, -0.05) is 0 Å². The van der Waals surface area contributed by atoms with Crippen LogP contribution in [0, 0.1) is 0 Å². The second kappa shape index (κ2) is 6.43. The molecule has 0 aliphatic rings. The molecule has 0 aliphatic heterocycles. The highest BCUT2D eigenvalue weighted by Crippen LogP contribution is 2.25. The highest BCUT2D eigenvalue weighted by atomic mass is 79.9. The smallest absolute Gasteiger partial charge is 0.251 e. The van der Waals surface area contributed by atoms with Crippen LogP contribution in [-0.2, 0) is 10.0 Å². The summed E-state index contributed by atoms with van der Waals surface area (Å²) in [7, 11) is -0.651. The van der Waals surface area contributed by atoms with E-state index in [9.17, 15) is 13.2 Å². The van der Waals surface area contributed by atoms with E-state index >= 15 is 0 Å². The van der Waals surface area contributed by atoms with Crippen LogP contribution in [0.25, 0.3) is 0 Å². The van der Waals surface area contributed by atoms with E-state index in [1.165, 1.54) is 32.3 Å². The minimum Gasteiger partial charge on any atom is -0.350 e. The molecule has 118 valence electrons. The average molecular weight is 378 g/mol. The molecule has 0 saturated heterocycles. The topological polar surface area (TPSA) is 92.5 Å². The number of benzene rings is 1. The van der Waals surface area contributed by atoms with Gasteiger partial charge in [-0.15, -0.1) is 0 Å². The van der Waals surface area contributed by atoms with E-state index in [0.717, 1.165) is 4.31 Å².